The molecule has 24 heavy (non-hydrogen) atoms. The molecule has 1 unspecified atom stereocenters. The molecule has 1 aliphatic rings. The van der Waals surface area contributed by atoms with Crippen LogP contribution in [0.5, 0.6) is 5.75 Å². The van der Waals surface area contributed by atoms with Gasteiger partial charge in [0.2, 0.25) is 0 Å². The number of hydrogen-bond donors (Lipinski definition) is 1. The van der Waals surface area contributed by atoms with Crippen LogP contribution in [0.4, 0.5) is 10.5 Å². The first-order valence-corrected chi connectivity index (χ1v) is 8.87. The summed E-state index contributed by atoms with van der Waals surface area (Å²) in [5.74, 6) is 0.878. The molecule has 1 N–H and O–H groups in total. The molecule has 1 heterocycles. The van der Waals surface area contributed by atoms with Crippen LogP contribution >= 0.6 is 23.6 Å². The van der Waals surface area contributed by atoms with Gasteiger partial charge in [0.1, 0.15) is 5.75 Å². The van der Waals surface area contributed by atoms with Gasteiger partial charge in [0.05, 0.1) is 18.6 Å². The van der Waals surface area contributed by atoms with Gasteiger partial charge in [-0.25, -0.2) is 9.80 Å². The van der Waals surface area contributed by atoms with E-state index < -0.39 is 0 Å². The molecule has 2 amide bonds. The lowest BCUT2D eigenvalue weighted by Crippen LogP contribution is -2.30. The maximum absolute atomic E-state index is 12.3. The number of nitrogens with one attached hydrogen (secondary N) is 1. The van der Waals surface area contributed by atoms with Gasteiger partial charge >= 0.3 is 6.03 Å². The van der Waals surface area contributed by atoms with Gasteiger partial charge in [-0.15, -0.1) is 0 Å². The fraction of sp³-hybridized carbons (Fsp3) is 0.176. The average molecular weight is 362 g/mol. The van der Waals surface area contributed by atoms with E-state index in [2.05, 4.69) is 10.4 Å². The van der Waals surface area contributed by atoms with E-state index in [1.807, 2.05) is 30.5 Å². The highest BCUT2D eigenvalue weighted by atomic mass is 35.5. The minimum atomic E-state index is -0.265. The third kappa shape index (κ3) is 4.01. The number of carbonyl (C=O) groups excluding carboxylic acids is 1. The van der Waals surface area contributed by atoms with Crippen LogP contribution in [-0.4, -0.2) is 30.1 Å². The molecule has 2 aromatic carbocycles. The summed E-state index contributed by atoms with van der Waals surface area (Å²) in [5.41, 5.74) is 1.77. The van der Waals surface area contributed by atoms with Crippen LogP contribution in [0.15, 0.2) is 53.6 Å². The van der Waals surface area contributed by atoms with Gasteiger partial charge in [-0.05, 0) is 42.0 Å². The Bertz CT molecular complexity index is 735. The van der Waals surface area contributed by atoms with Crippen molar-refractivity contribution in [3.63, 3.8) is 0 Å². The minimum Gasteiger partial charge on any atom is -0.426 e. The van der Waals surface area contributed by atoms with E-state index in [1.54, 1.807) is 30.5 Å². The van der Waals surface area contributed by atoms with Crippen LogP contribution in [0.3, 0.4) is 0 Å². The molecule has 1 atom stereocenters. The molecule has 5 nitrogen and oxygen atoms in total. The average Bonchev–Trinajstić information content (AvgIpc) is 3.08. The highest BCUT2D eigenvalue weighted by Crippen LogP contribution is 2.24. The fourth-order valence-corrected chi connectivity index (χ4v) is 2.79. The van der Waals surface area contributed by atoms with Crippen molar-refractivity contribution in [1.29, 1.82) is 0 Å². The van der Waals surface area contributed by atoms with E-state index in [4.69, 9.17) is 15.8 Å². The highest BCUT2D eigenvalue weighted by Gasteiger charge is 2.24. The number of nitrogens with zero attached hydrogens (tertiary/aromatic N) is 2. The van der Waals surface area contributed by atoms with E-state index in [1.165, 1.54) is 17.1 Å². The number of urea groups is 1. The van der Waals surface area contributed by atoms with Crippen molar-refractivity contribution in [2.24, 2.45) is 5.10 Å². The Balaban J connectivity index is 1.59. The molecule has 0 bridgehead atoms. The highest BCUT2D eigenvalue weighted by molar-refractivity contribution is 7.94. The summed E-state index contributed by atoms with van der Waals surface area (Å²) in [5, 5.41) is 9.05. The quantitative estimate of drug-likeness (QED) is 0.809. The molecule has 1 aliphatic heterocycles. The smallest absolute Gasteiger partial charge is 0.342 e. The molecule has 3 rings (SSSR count). The van der Waals surface area contributed by atoms with Crippen LogP contribution in [0.25, 0.3) is 0 Å². The third-order valence-electron chi connectivity index (χ3n) is 3.57. The second kappa shape index (κ2) is 7.59. The van der Waals surface area contributed by atoms with Crippen LogP contribution in [-0.2, 0) is 0 Å². The van der Waals surface area contributed by atoms with Crippen LogP contribution in [0.1, 0.15) is 11.5 Å². The van der Waals surface area contributed by atoms with Crippen molar-refractivity contribution in [2.75, 3.05) is 18.1 Å². The molecule has 0 aliphatic carbocycles. The standard InChI is InChI=1S/C17H16ClN3O2S/c1-24-23-16-8-2-12(3-9-16)13-10-19-21(11-13)17(22)20-15-6-4-14(18)5-7-15/h2-10,13H,11H2,1H3,(H,20,22). The number of rotatable bonds is 4. The monoisotopic (exact) mass is 361 g/mol. The SMILES string of the molecule is CSOc1ccc(C2C=NN(C(=O)Nc3ccc(Cl)cc3)C2)cc1. The molecule has 124 valence electrons. The summed E-state index contributed by atoms with van der Waals surface area (Å²) in [4.78, 5) is 12.3. The van der Waals surface area contributed by atoms with Gasteiger partial charge in [0, 0.05) is 29.1 Å². The zero-order valence-corrected chi connectivity index (χ0v) is 14.6. The first-order chi connectivity index (χ1) is 11.7. The van der Waals surface area contributed by atoms with E-state index in [-0.39, 0.29) is 11.9 Å². The molecule has 7 heteroatoms. The Hall–Kier alpha value is -2.18. The summed E-state index contributed by atoms with van der Waals surface area (Å²) in [6.07, 6.45) is 3.65. The third-order valence-corrected chi connectivity index (χ3v) is 4.18. The number of hydrogen-bond acceptors (Lipinski definition) is 4. The van der Waals surface area contributed by atoms with Crippen molar-refractivity contribution in [3.05, 3.63) is 59.1 Å². The van der Waals surface area contributed by atoms with Crippen molar-refractivity contribution in [2.45, 2.75) is 5.92 Å². The van der Waals surface area contributed by atoms with Gasteiger partial charge in [0.25, 0.3) is 0 Å². The maximum Gasteiger partial charge on any atom is 0.342 e. The second-order valence-electron chi connectivity index (χ2n) is 5.21. The number of hydrazone groups is 1. The van der Waals surface area contributed by atoms with Gasteiger partial charge < -0.3 is 9.50 Å². The molecule has 0 radical (unpaired) electrons. The maximum atomic E-state index is 12.3. The summed E-state index contributed by atoms with van der Waals surface area (Å²) in [6, 6.07) is 14.5. The predicted octanol–water partition coefficient (Wildman–Crippen LogP) is 4.61. The largest absolute Gasteiger partial charge is 0.426 e. The summed E-state index contributed by atoms with van der Waals surface area (Å²) < 4.78 is 5.36. The lowest BCUT2D eigenvalue weighted by molar-refractivity contribution is 0.218. The fourth-order valence-electron chi connectivity index (χ4n) is 2.36. The number of halogens is 1. The predicted molar refractivity (Wildman–Crippen MR) is 99.0 cm³/mol. The van der Waals surface area contributed by atoms with Gasteiger partial charge in [-0.2, -0.15) is 5.10 Å². The number of benzene rings is 2. The van der Waals surface area contributed by atoms with Crippen molar-refractivity contribution in [3.8, 4) is 5.75 Å². The molecule has 0 saturated heterocycles. The van der Waals surface area contributed by atoms with E-state index >= 15 is 0 Å². The molecule has 0 saturated carbocycles. The summed E-state index contributed by atoms with van der Waals surface area (Å²) in [7, 11) is 0. The van der Waals surface area contributed by atoms with Gasteiger partial charge in [0.15, 0.2) is 0 Å². The Kier molecular flexibility index (Phi) is 5.27. The van der Waals surface area contributed by atoms with Crippen LogP contribution in [0, 0.1) is 0 Å². The number of carbonyl (C=O) groups is 1. The molecule has 0 fully saturated rings. The number of amides is 2. The lowest BCUT2D eigenvalue weighted by Gasteiger charge is -2.15. The Morgan fingerprint density at radius 1 is 1.25 bits per heavy atom. The summed E-state index contributed by atoms with van der Waals surface area (Å²) in [6.45, 7) is 0.502. The number of anilines is 1. The topological polar surface area (TPSA) is 53.9 Å². The minimum absolute atomic E-state index is 0.0734. The Morgan fingerprint density at radius 3 is 2.62 bits per heavy atom. The van der Waals surface area contributed by atoms with Crippen LogP contribution in [0.2, 0.25) is 5.02 Å². The summed E-state index contributed by atoms with van der Waals surface area (Å²) >= 11 is 7.14. The van der Waals surface area contributed by atoms with Crippen molar-refractivity contribution >= 4 is 41.6 Å². The zero-order valence-electron chi connectivity index (χ0n) is 13.0. The van der Waals surface area contributed by atoms with Gasteiger partial charge in [-0.1, -0.05) is 23.7 Å². The zero-order chi connectivity index (χ0) is 16.9. The molecule has 0 aromatic heterocycles. The van der Waals surface area contributed by atoms with E-state index in [0.29, 0.717) is 17.3 Å². The van der Waals surface area contributed by atoms with E-state index in [9.17, 15) is 4.79 Å². The lowest BCUT2D eigenvalue weighted by atomic mass is 10.0. The normalized spacial score (nSPS) is 16.2. The van der Waals surface area contributed by atoms with Crippen molar-refractivity contribution in [1.82, 2.24) is 5.01 Å². The van der Waals surface area contributed by atoms with Crippen molar-refractivity contribution < 1.29 is 8.98 Å². The van der Waals surface area contributed by atoms with Gasteiger partial charge in [-0.3, -0.25) is 0 Å². The first-order valence-electron chi connectivity index (χ1n) is 7.34. The van der Waals surface area contributed by atoms with Crippen LogP contribution < -0.4 is 9.50 Å². The Labute approximate surface area is 149 Å². The Morgan fingerprint density at radius 2 is 1.96 bits per heavy atom. The molecular formula is C17H16ClN3O2S. The molecule has 2 aromatic rings. The first kappa shape index (κ1) is 16.7. The molecule has 0 spiro atoms. The second-order valence-corrected chi connectivity index (χ2v) is 6.15. The molecular weight excluding hydrogens is 346 g/mol. The van der Waals surface area contributed by atoms with E-state index in [0.717, 1.165) is 11.3 Å².